The number of hydrogen-bond acceptors (Lipinski definition) is 3. The predicted octanol–water partition coefficient (Wildman–Crippen LogP) is 1.59. The topological polar surface area (TPSA) is 66.5 Å². The Labute approximate surface area is 101 Å². The van der Waals surface area contributed by atoms with E-state index in [-0.39, 0.29) is 24.6 Å². The average Bonchev–Trinajstić information content (AvgIpc) is 2.27. The van der Waals surface area contributed by atoms with Crippen LogP contribution < -0.4 is 5.73 Å². The highest BCUT2D eigenvalue weighted by Gasteiger charge is 2.32. The fourth-order valence-electron chi connectivity index (χ4n) is 1.48. The lowest BCUT2D eigenvalue weighted by atomic mass is 10.00. The maximum Gasteiger partial charge on any atom is 0.416 e. The molecule has 0 radical (unpaired) electrons. The van der Waals surface area contributed by atoms with Gasteiger partial charge >= 0.3 is 6.18 Å². The Morgan fingerprint density at radius 2 is 1.83 bits per heavy atom. The van der Waals surface area contributed by atoms with Gasteiger partial charge in [0.2, 0.25) is 0 Å². The van der Waals surface area contributed by atoms with Gasteiger partial charge in [-0.05, 0) is 25.1 Å². The van der Waals surface area contributed by atoms with Gasteiger partial charge in [-0.25, -0.2) is 4.39 Å². The number of nitrogens with two attached hydrogens (primary N) is 1. The number of benzene rings is 1. The van der Waals surface area contributed by atoms with Crippen molar-refractivity contribution in [1.82, 2.24) is 0 Å². The molecule has 7 heteroatoms. The third-order valence-corrected chi connectivity index (χ3v) is 2.47. The summed E-state index contributed by atoms with van der Waals surface area (Å²) in [4.78, 5) is 0. The molecule has 0 aliphatic heterocycles. The molecule has 102 valence electrons. The molecule has 2 atom stereocenters. The van der Waals surface area contributed by atoms with E-state index in [0.717, 1.165) is 6.07 Å². The number of hydrogen-bond donors (Lipinski definition) is 3. The van der Waals surface area contributed by atoms with E-state index < -0.39 is 29.8 Å². The molecule has 18 heavy (non-hydrogen) atoms. The van der Waals surface area contributed by atoms with Gasteiger partial charge in [0.15, 0.2) is 0 Å². The van der Waals surface area contributed by atoms with Gasteiger partial charge in [-0.15, -0.1) is 0 Å². The van der Waals surface area contributed by atoms with Crippen molar-refractivity contribution in [1.29, 1.82) is 0 Å². The van der Waals surface area contributed by atoms with Crippen LogP contribution in [0.15, 0.2) is 18.2 Å². The van der Waals surface area contributed by atoms with Crippen LogP contribution in [0.5, 0.6) is 0 Å². The van der Waals surface area contributed by atoms with E-state index in [0.29, 0.717) is 6.07 Å². The summed E-state index contributed by atoms with van der Waals surface area (Å²) in [5.74, 6) is -1.21. The highest BCUT2D eigenvalue weighted by Crippen LogP contribution is 2.32. The van der Waals surface area contributed by atoms with Crippen LogP contribution in [0.25, 0.3) is 0 Å². The van der Waals surface area contributed by atoms with Crippen molar-refractivity contribution >= 4 is 0 Å². The molecule has 0 bridgehead atoms. The molecule has 2 unspecified atom stereocenters. The minimum absolute atomic E-state index is 0.0155. The van der Waals surface area contributed by atoms with E-state index in [9.17, 15) is 27.8 Å². The Hall–Kier alpha value is -1.18. The molecule has 0 heterocycles. The normalized spacial score (nSPS) is 15.5. The quantitative estimate of drug-likeness (QED) is 0.726. The van der Waals surface area contributed by atoms with Crippen molar-refractivity contribution in [3.63, 3.8) is 0 Å². The molecule has 0 aliphatic carbocycles. The summed E-state index contributed by atoms with van der Waals surface area (Å²) < 4.78 is 50.3. The lowest BCUT2D eigenvalue weighted by Crippen LogP contribution is -2.22. The number of rotatable bonds is 4. The molecule has 1 aromatic carbocycles. The molecule has 1 rings (SSSR count). The average molecular weight is 267 g/mol. The van der Waals surface area contributed by atoms with Crippen LogP contribution in [0.4, 0.5) is 17.6 Å². The summed E-state index contributed by atoms with van der Waals surface area (Å²) >= 11 is 0. The van der Waals surface area contributed by atoms with Crippen molar-refractivity contribution in [2.45, 2.75) is 24.8 Å². The van der Waals surface area contributed by atoms with E-state index in [2.05, 4.69) is 0 Å². The Balaban J connectivity index is 2.99. The van der Waals surface area contributed by atoms with Crippen LogP contribution >= 0.6 is 0 Å². The molecule has 0 fully saturated rings. The maximum absolute atomic E-state index is 13.4. The van der Waals surface area contributed by atoms with Crippen LogP contribution in [0, 0.1) is 5.82 Å². The van der Waals surface area contributed by atoms with Crippen molar-refractivity contribution in [3.8, 4) is 0 Å². The zero-order valence-electron chi connectivity index (χ0n) is 9.28. The summed E-state index contributed by atoms with van der Waals surface area (Å²) in [6, 6.07) is 1.74. The van der Waals surface area contributed by atoms with Crippen molar-refractivity contribution in [3.05, 3.63) is 35.1 Å². The predicted molar refractivity (Wildman–Crippen MR) is 56.0 cm³/mol. The van der Waals surface area contributed by atoms with Crippen molar-refractivity contribution < 1.29 is 27.8 Å². The molecule has 0 spiro atoms. The fourth-order valence-corrected chi connectivity index (χ4v) is 1.48. The zero-order valence-corrected chi connectivity index (χ0v) is 9.28. The summed E-state index contributed by atoms with van der Waals surface area (Å²) in [7, 11) is 0. The summed E-state index contributed by atoms with van der Waals surface area (Å²) in [6.07, 6.45) is -7.56. The molecule has 0 saturated carbocycles. The van der Waals surface area contributed by atoms with Gasteiger partial charge in [-0.3, -0.25) is 0 Å². The van der Waals surface area contributed by atoms with Gasteiger partial charge in [-0.1, -0.05) is 6.07 Å². The Bertz CT molecular complexity index is 409. The Morgan fingerprint density at radius 3 is 2.28 bits per heavy atom. The summed E-state index contributed by atoms with van der Waals surface area (Å²) in [5.41, 5.74) is 3.62. The minimum Gasteiger partial charge on any atom is -0.390 e. The van der Waals surface area contributed by atoms with Gasteiger partial charge in [-0.2, -0.15) is 13.2 Å². The van der Waals surface area contributed by atoms with Gasteiger partial charge < -0.3 is 15.9 Å². The first-order valence-electron chi connectivity index (χ1n) is 5.20. The van der Waals surface area contributed by atoms with Gasteiger partial charge in [0.25, 0.3) is 0 Å². The first kappa shape index (κ1) is 14.9. The summed E-state index contributed by atoms with van der Waals surface area (Å²) in [6.45, 7) is 0.0699. The molecule has 3 nitrogen and oxygen atoms in total. The Morgan fingerprint density at radius 1 is 1.22 bits per heavy atom. The monoisotopic (exact) mass is 267 g/mol. The minimum atomic E-state index is -4.65. The molecule has 0 saturated heterocycles. The van der Waals surface area contributed by atoms with Crippen LogP contribution in [-0.4, -0.2) is 22.9 Å². The van der Waals surface area contributed by atoms with Crippen molar-refractivity contribution in [2.75, 3.05) is 6.54 Å². The molecule has 0 amide bonds. The Kier molecular flexibility index (Phi) is 4.66. The van der Waals surface area contributed by atoms with Crippen molar-refractivity contribution in [2.24, 2.45) is 5.73 Å². The standard InChI is InChI=1S/C11H13F4NO2/c12-8-5-6(11(13,14)15)1-2-7(8)10(18)9(17)3-4-16/h1-2,5,9-10,17-18H,3-4,16H2. The highest BCUT2D eigenvalue weighted by atomic mass is 19.4. The fraction of sp³-hybridized carbons (Fsp3) is 0.455. The second-order valence-electron chi connectivity index (χ2n) is 3.82. The molecular formula is C11H13F4NO2. The first-order valence-corrected chi connectivity index (χ1v) is 5.20. The first-order chi connectivity index (χ1) is 8.27. The van der Waals surface area contributed by atoms with Gasteiger partial charge in [0.1, 0.15) is 11.9 Å². The van der Waals surface area contributed by atoms with Crippen LogP contribution in [0.3, 0.4) is 0 Å². The third kappa shape index (κ3) is 3.41. The zero-order chi connectivity index (χ0) is 13.9. The van der Waals surface area contributed by atoms with Crippen LogP contribution in [-0.2, 0) is 6.18 Å². The largest absolute Gasteiger partial charge is 0.416 e. The van der Waals surface area contributed by atoms with Gasteiger partial charge in [0, 0.05) is 5.56 Å². The van der Waals surface area contributed by atoms with E-state index in [4.69, 9.17) is 5.73 Å². The third-order valence-electron chi connectivity index (χ3n) is 2.47. The SMILES string of the molecule is NCCC(O)C(O)c1ccc(C(F)(F)F)cc1F. The maximum atomic E-state index is 13.4. The number of aliphatic hydroxyl groups is 2. The van der Waals surface area contributed by atoms with E-state index >= 15 is 0 Å². The molecular weight excluding hydrogens is 254 g/mol. The number of halogens is 4. The molecule has 1 aromatic rings. The second kappa shape index (κ2) is 5.64. The van der Waals surface area contributed by atoms with Gasteiger partial charge in [0.05, 0.1) is 11.7 Å². The number of aliphatic hydroxyl groups excluding tert-OH is 2. The smallest absolute Gasteiger partial charge is 0.390 e. The summed E-state index contributed by atoms with van der Waals surface area (Å²) in [5, 5.41) is 19.0. The molecule has 0 aliphatic rings. The lowest BCUT2D eigenvalue weighted by molar-refractivity contribution is -0.137. The lowest BCUT2D eigenvalue weighted by Gasteiger charge is -2.18. The van der Waals surface area contributed by atoms with E-state index in [1.807, 2.05) is 0 Å². The molecule has 0 aromatic heterocycles. The van der Waals surface area contributed by atoms with Crippen LogP contribution in [0.1, 0.15) is 23.7 Å². The van der Waals surface area contributed by atoms with Crippen LogP contribution in [0.2, 0.25) is 0 Å². The van der Waals surface area contributed by atoms with E-state index in [1.165, 1.54) is 0 Å². The second-order valence-corrected chi connectivity index (χ2v) is 3.82. The molecule has 4 N–H and O–H groups in total. The number of alkyl halides is 3. The highest BCUT2D eigenvalue weighted by molar-refractivity contribution is 5.28. The van der Waals surface area contributed by atoms with E-state index in [1.54, 1.807) is 0 Å².